The number of thioether (sulfide) groups is 1. The lowest BCUT2D eigenvalue weighted by atomic mass is 9.84. The molecule has 0 spiro atoms. The van der Waals surface area contributed by atoms with Crippen molar-refractivity contribution >= 4 is 65.0 Å². The van der Waals surface area contributed by atoms with Gasteiger partial charge in [-0.25, -0.2) is 0 Å². The highest BCUT2D eigenvalue weighted by Gasteiger charge is 2.42. The van der Waals surface area contributed by atoms with Gasteiger partial charge in [0.05, 0.1) is 6.61 Å². The number of hydrogen-bond donors (Lipinski definition) is 11. The van der Waals surface area contributed by atoms with E-state index in [0.717, 1.165) is 19.3 Å². The van der Waals surface area contributed by atoms with Crippen molar-refractivity contribution in [3.63, 3.8) is 0 Å². The van der Waals surface area contributed by atoms with Gasteiger partial charge in [0.25, 0.3) is 0 Å². The number of aliphatic imine (C=N–C) groups is 1. The van der Waals surface area contributed by atoms with Crippen LogP contribution >= 0.6 is 11.8 Å². The summed E-state index contributed by atoms with van der Waals surface area (Å²) in [5.74, 6) is -3.77. The first-order chi connectivity index (χ1) is 27.7. The highest BCUT2D eigenvalue weighted by molar-refractivity contribution is 7.98. The number of aliphatic hydroxyl groups excluding tert-OH is 1. The van der Waals surface area contributed by atoms with Crippen LogP contribution in [0.2, 0.25) is 0 Å². The molecular weight excluding hydrogens is 787 g/mol. The lowest BCUT2D eigenvalue weighted by molar-refractivity contribution is -0.135. The Morgan fingerprint density at radius 1 is 0.678 bits per heavy atom. The molecule has 0 aromatic rings. The van der Waals surface area contributed by atoms with Gasteiger partial charge in [0.15, 0.2) is 5.96 Å². The van der Waals surface area contributed by atoms with Gasteiger partial charge in [-0.15, -0.1) is 0 Å². The van der Waals surface area contributed by atoms with E-state index in [-0.39, 0.29) is 49.5 Å². The van der Waals surface area contributed by atoms with E-state index < -0.39 is 90.3 Å². The Morgan fingerprint density at radius 3 is 1.68 bits per heavy atom. The lowest BCUT2D eigenvalue weighted by Gasteiger charge is -2.28. The van der Waals surface area contributed by atoms with Crippen molar-refractivity contribution in [3.8, 4) is 0 Å². The van der Waals surface area contributed by atoms with Crippen molar-refractivity contribution in [1.29, 1.82) is 0 Å². The van der Waals surface area contributed by atoms with Gasteiger partial charge in [-0.2, -0.15) is 11.8 Å². The van der Waals surface area contributed by atoms with Crippen molar-refractivity contribution in [2.45, 2.75) is 135 Å². The minimum absolute atomic E-state index is 0.0116. The third-order valence-electron chi connectivity index (χ3n) is 10.6. The van der Waals surface area contributed by atoms with E-state index in [1.165, 1.54) is 39.0 Å². The summed E-state index contributed by atoms with van der Waals surface area (Å²) in [5, 5.41) is 27.8. The van der Waals surface area contributed by atoms with Gasteiger partial charge in [0.2, 0.25) is 47.3 Å². The molecule has 2 rings (SSSR count). The van der Waals surface area contributed by atoms with Gasteiger partial charge in [-0.3, -0.25) is 43.3 Å². The summed E-state index contributed by atoms with van der Waals surface area (Å²) in [6.45, 7) is 7.10. The zero-order valence-electron chi connectivity index (χ0n) is 35.1. The predicted molar refractivity (Wildman–Crippen MR) is 223 cm³/mol. The Balaban J connectivity index is 2.10. The van der Waals surface area contributed by atoms with Crippen LogP contribution in [0.5, 0.6) is 0 Å². The van der Waals surface area contributed by atoms with Gasteiger partial charge >= 0.3 is 0 Å². The van der Waals surface area contributed by atoms with E-state index in [2.05, 4.69) is 42.2 Å². The third kappa shape index (κ3) is 17.6. The van der Waals surface area contributed by atoms with Gasteiger partial charge < -0.3 is 59.5 Å². The van der Waals surface area contributed by atoms with E-state index in [1.807, 2.05) is 13.8 Å². The number of nitrogens with zero attached hydrogens (tertiary/aromatic N) is 1. The standard InChI is InChI=1S/C38H67N11O9S/c1-19(2)14-28(31(39)52)48-37(58)30(18-50)49-33(54)21(4)44-35(56)27(11-13-59-6)46-32(53)20(3)43-34(55)26(8-7-12-42-38(40)41)47-36(57)29(45-22(5)51)17-25-16-23-9-10-24(25)15-23/h19-21,23-30,50H,7-18H2,1-6H3,(H2,39,52)(H,43,55)(H,44,56)(H,45,51)(H,46,53)(H,47,57)(H,48,58)(H,49,54)(H4,40,41,42)/t20-,21-,23?,24?,25?,26-,27-,28-,29+,30-/m0/s1. The number of fused-ring (bicyclic) bond motifs is 2. The van der Waals surface area contributed by atoms with Crippen LogP contribution < -0.4 is 54.4 Å². The van der Waals surface area contributed by atoms with Crippen LogP contribution in [0.25, 0.3) is 0 Å². The van der Waals surface area contributed by atoms with E-state index in [4.69, 9.17) is 17.2 Å². The molecule has 334 valence electrons. The number of hydrogen-bond acceptors (Lipinski definition) is 11. The van der Waals surface area contributed by atoms with Crippen molar-refractivity contribution in [3.05, 3.63) is 0 Å². The zero-order valence-corrected chi connectivity index (χ0v) is 36.0. The molecule has 3 unspecified atom stereocenters. The highest BCUT2D eigenvalue weighted by Crippen LogP contribution is 2.49. The molecule has 0 aromatic heterocycles. The Morgan fingerprint density at radius 2 is 1.20 bits per heavy atom. The minimum Gasteiger partial charge on any atom is -0.394 e. The molecule has 10 atom stereocenters. The van der Waals surface area contributed by atoms with Crippen molar-refractivity contribution in [1.82, 2.24) is 37.2 Å². The molecule has 8 amide bonds. The SMILES string of the molecule is CSCC[C@H](NC(=O)[C@H](C)NC(=O)[C@H](CCCN=C(N)N)NC(=O)[C@@H](CC1CC2CCC1C2)NC(C)=O)C(=O)N[C@@H](C)C(=O)N[C@@H](CO)C(=O)N[C@@H](CC(C)C)C(N)=O. The average molecular weight is 854 g/mol. The fraction of sp³-hybridized carbons (Fsp3) is 0.763. The average Bonchev–Trinajstić information content (AvgIpc) is 3.79. The number of amides is 8. The largest absolute Gasteiger partial charge is 0.394 e. The number of nitrogens with one attached hydrogen (secondary N) is 7. The lowest BCUT2D eigenvalue weighted by Crippen LogP contribution is -2.59. The predicted octanol–water partition coefficient (Wildman–Crippen LogP) is -2.40. The van der Waals surface area contributed by atoms with Crippen molar-refractivity contribution < 1.29 is 43.5 Å². The van der Waals surface area contributed by atoms with Crippen LogP contribution in [0, 0.1) is 23.7 Å². The van der Waals surface area contributed by atoms with Gasteiger partial charge in [-0.1, -0.05) is 20.3 Å². The van der Waals surface area contributed by atoms with Crippen molar-refractivity contribution in [2.24, 2.45) is 45.9 Å². The monoisotopic (exact) mass is 853 g/mol. The van der Waals surface area contributed by atoms with E-state index >= 15 is 0 Å². The molecule has 2 aliphatic rings. The molecule has 59 heavy (non-hydrogen) atoms. The van der Waals surface area contributed by atoms with Crippen LogP contribution in [0.1, 0.15) is 92.4 Å². The molecule has 2 bridgehead atoms. The quantitative estimate of drug-likeness (QED) is 0.0247. The summed E-state index contributed by atoms with van der Waals surface area (Å²) in [5.41, 5.74) is 16.3. The Labute approximate surface area is 350 Å². The van der Waals surface area contributed by atoms with Crippen LogP contribution in [-0.2, 0) is 38.4 Å². The Kier molecular flexibility index (Phi) is 21.5. The maximum absolute atomic E-state index is 13.7. The molecule has 0 saturated heterocycles. The molecule has 0 aliphatic heterocycles. The first-order valence-electron chi connectivity index (χ1n) is 20.3. The topological polar surface area (TPSA) is 331 Å². The van der Waals surface area contributed by atoms with Crippen LogP contribution in [0.15, 0.2) is 4.99 Å². The summed E-state index contributed by atoms with van der Waals surface area (Å²) in [7, 11) is 0. The number of guanidine groups is 1. The van der Waals surface area contributed by atoms with Gasteiger partial charge in [0.1, 0.15) is 42.3 Å². The number of rotatable bonds is 26. The smallest absolute Gasteiger partial charge is 0.245 e. The molecule has 2 saturated carbocycles. The van der Waals surface area contributed by atoms with Crippen LogP contribution in [-0.4, -0.2) is 126 Å². The summed E-state index contributed by atoms with van der Waals surface area (Å²) >= 11 is 1.41. The molecule has 14 N–H and O–H groups in total. The molecule has 20 nitrogen and oxygen atoms in total. The fourth-order valence-electron chi connectivity index (χ4n) is 7.53. The van der Waals surface area contributed by atoms with E-state index in [1.54, 1.807) is 6.26 Å². The van der Waals surface area contributed by atoms with Crippen molar-refractivity contribution in [2.75, 3.05) is 25.2 Å². The number of aliphatic hydroxyl groups is 1. The molecule has 21 heteroatoms. The number of carbonyl (C=O) groups is 8. The second-order valence-electron chi connectivity index (χ2n) is 16.1. The number of primary amides is 1. The molecular formula is C38H67N11O9S. The second kappa shape index (κ2) is 25.1. The molecule has 2 fully saturated rings. The number of nitrogens with two attached hydrogens (primary N) is 3. The number of carbonyl (C=O) groups excluding carboxylic acids is 8. The summed E-state index contributed by atoms with van der Waals surface area (Å²) in [6.07, 6.45) is 7.42. The Hall–Kier alpha value is -4.66. The molecule has 0 aromatic carbocycles. The summed E-state index contributed by atoms with van der Waals surface area (Å²) < 4.78 is 0. The van der Waals surface area contributed by atoms with E-state index in [0.29, 0.717) is 30.4 Å². The highest BCUT2D eigenvalue weighted by atomic mass is 32.2. The van der Waals surface area contributed by atoms with Gasteiger partial charge in [-0.05, 0) is 101 Å². The summed E-state index contributed by atoms with van der Waals surface area (Å²) in [6, 6.07) is -8.02. The molecule has 0 radical (unpaired) electrons. The zero-order chi connectivity index (χ0) is 44.4. The first-order valence-corrected chi connectivity index (χ1v) is 21.7. The third-order valence-corrected chi connectivity index (χ3v) is 11.3. The van der Waals surface area contributed by atoms with Crippen LogP contribution in [0.4, 0.5) is 0 Å². The molecule has 2 aliphatic carbocycles. The Bertz CT molecular complexity index is 1510. The maximum Gasteiger partial charge on any atom is 0.245 e. The van der Waals surface area contributed by atoms with Gasteiger partial charge in [0, 0.05) is 13.5 Å². The van der Waals surface area contributed by atoms with Crippen LogP contribution in [0.3, 0.4) is 0 Å². The van der Waals surface area contributed by atoms with E-state index in [9.17, 15) is 43.5 Å². The summed E-state index contributed by atoms with van der Waals surface area (Å²) in [4.78, 5) is 108. The minimum atomic E-state index is -1.45. The first kappa shape index (κ1) is 50.5. The maximum atomic E-state index is 13.7. The normalized spacial score (nSPS) is 20.4. The fourth-order valence-corrected chi connectivity index (χ4v) is 8.00. The molecule has 0 heterocycles. The second-order valence-corrected chi connectivity index (χ2v) is 17.1.